The molecular weight excluding hydrogens is 278 g/mol. The Kier molecular flexibility index (Phi) is 3.18. The normalized spacial score (nSPS) is 27.1. The zero-order valence-electron chi connectivity index (χ0n) is 12.3. The van der Waals surface area contributed by atoms with E-state index in [1.165, 1.54) is 0 Å². The molecule has 2 aromatic heterocycles. The Morgan fingerprint density at radius 1 is 1.27 bits per heavy atom. The first kappa shape index (κ1) is 13.5. The second-order valence-electron chi connectivity index (χ2n) is 6.23. The van der Waals surface area contributed by atoms with Gasteiger partial charge in [-0.2, -0.15) is 5.10 Å². The Balaban J connectivity index is 1.55. The first-order valence-corrected chi connectivity index (χ1v) is 7.73. The number of amides is 1. The fourth-order valence-corrected chi connectivity index (χ4v) is 3.74. The Morgan fingerprint density at radius 2 is 2.18 bits per heavy atom. The number of hydrogen-bond donors (Lipinski definition) is 1. The predicted molar refractivity (Wildman–Crippen MR) is 81.5 cm³/mol. The maximum Gasteiger partial charge on any atom is 0.272 e. The van der Waals surface area contributed by atoms with Crippen LogP contribution in [0, 0.1) is 11.8 Å². The highest BCUT2D eigenvalue weighted by molar-refractivity contribution is 5.93. The number of aromatic nitrogens is 3. The Hall–Kier alpha value is -2.21. The molecule has 1 aliphatic heterocycles. The van der Waals surface area contributed by atoms with Crippen LogP contribution in [0.3, 0.4) is 0 Å². The summed E-state index contributed by atoms with van der Waals surface area (Å²) in [5, 5.41) is 4.19. The van der Waals surface area contributed by atoms with Crippen LogP contribution >= 0.6 is 0 Å². The molecule has 6 nitrogen and oxygen atoms in total. The molecule has 3 heterocycles. The van der Waals surface area contributed by atoms with Gasteiger partial charge in [-0.3, -0.25) is 9.78 Å². The molecule has 2 fully saturated rings. The van der Waals surface area contributed by atoms with Gasteiger partial charge in [-0.15, -0.1) is 0 Å². The monoisotopic (exact) mass is 297 g/mol. The van der Waals surface area contributed by atoms with E-state index in [0.717, 1.165) is 31.6 Å². The summed E-state index contributed by atoms with van der Waals surface area (Å²) in [5.41, 5.74) is 7.46. The van der Waals surface area contributed by atoms with E-state index in [-0.39, 0.29) is 11.9 Å². The van der Waals surface area contributed by atoms with Crippen molar-refractivity contribution in [3.8, 4) is 5.69 Å². The third kappa shape index (κ3) is 2.20. The third-order valence-electron chi connectivity index (χ3n) is 4.93. The van der Waals surface area contributed by atoms with Crippen LogP contribution in [0.25, 0.3) is 5.69 Å². The molecule has 3 unspecified atom stereocenters. The van der Waals surface area contributed by atoms with Gasteiger partial charge in [0.15, 0.2) is 0 Å². The number of carbonyl (C=O) groups is 1. The van der Waals surface area contributed by atoms with Gasteiger partial charge < -0.3 is 10.6 Å². The van der Waals surface area contributed by atoms with Crippen LogP contribution in [0.1, 0.15) is 23.3 Å². The molecule has 4 rings (SSSR count). The van der Waals surface area contributed by atoms with E-state index in [0.29, 0.717) is 17.5 Å². The topological polar surface area (TPSA) is 77.0 Å². The van der Waals surface area contributed by atoms with E-state index in [2.05, 4.69) is 10.1 Å². The van der Waals surface area contributed by atoms with Crippen molar-refractivity contribution in [2.75, 3.05) is 13.1 Å². The molecule has 6 heteroatoms. The minimum absolute atomic E-state index is 0.00407. The minimum atomic E-state index is -0.00407. The fourth-order valence-electron chi connectivity index (χ4n) is 3.74. The molecule has 1 amide bonds. The summed E-state index contributed by atoms with van der Waals surface area (Å²) in [6, 6.07) is 5.73. The molecular formula is C16H19N5O. The average Bonchev–Trinajstić information content (AvgIpc) is 3.25. The molecule has 0 bridgehead atoms. The van der Waals surface area contributed by atoms with E-state index in [1.54, 1.807) is 23.1 Å². The number of rotatable bonds is 2. The highest BCUT2D eigenvalue weighted by atomic mass is 16.2. The van der Waals surface area contributed by atoms with Crippen molar-refractivity contribution in [1.82, 2.24) is 19.7 Å². The van der Waals surface area contributed by atoms with Crippen LogP contribution in [0.15, 0.2) is 36.8 Å². The lowest BCUT2D eigenvalue weighted by Crippen LogP contribution is -2.33. The van der Waals surface area contributed by atoms with Gasteiger partial charge in [-0.25, -0.2) is 4.68 Å². The van der Waals surface area contributed by atoms with E-state index in [9.17, 15) is 4.79 Å². The van der Waals surface area contributed by atoms with Gasteiger partial charge >= 0.3 is 0 Å². The maximum atomic E-state index is 12.7. The Morgan fingerprint density at radius 3 is 2.95 bits per heavy atom. The summed E-state index contributed by atoms with van der Waals surface area (Å²) in [4.78, 5) is 18.8. The molecule has 2 aliphatic rings. The summed E-state index contributed by atoms with van der Waals surface area (Å²) in [6.45, 7) is 1.57. The zero-order valence-corrected chi connectivity index (χ0v) is 12.3. The Bertz CT molecular complexity index is 684. The number of hydrogen-bond acceptors (Lipinski definition) is 4. The highest BCUT2D eigenvalue weighted by Crippen LogP contribution is 2.37. The zero-order chi connectivity index (χ0) is 15.1. The Labute approximate surface area is 128 Å². The van der Waals surface area contributed by atoms with Crippen LogP contribution in [0.5, 0.6) is 0 Å². The molecule has 3 atom stereocenters. The van der Waals surface area contributed by atoms with Crippen molar-refractivity contribution >= 4 is 5.91 Å². The molecule has 2 N–H and O–H groups in total. The largest absolute Gasteiger partial charge is 0.337 e. The van der Waals surface area contributed by atoms with Gasteiger partial charge in [0.05, 0.1) is 5.69 Å². The molecule has 1 aliphatic carbocycles. The second-order valence-corrected chi connectivity index (χ2v) is 6.23. The van der Waals surface area contributed by atoms with Gasteiger partial charge in [0.2, 0.25) is 0 Å². The van der Waals surface area contributed by atoms with Crippen molar-refractivity contribution in [3.05, 3.63) is 42.5 Å². The van der Waals surface area contributed by atoms with E-state index in [1.807, 2.05) is 23.2 Å². The lowest BCUT2D eigenvalue weighted by atomic mass is 9.98. The van der Waals surface area contributed by atoms with Crippen LogP contribution in [0.2, 0.25) is 0 Å². The van der Waals surface area contributed by atoms with Crippen molar-refractivity contribution in [2.45, 2.75) is 18.9 Å². The quantitative estimate of drug-likeness (QED) is 0.899. The summed E-state index contributed by atoms with van der Waals surface area (Å²) >= 11 is 0. The molecule has 114 valence electrons. The van der Waals surface area contributed by atoms with Gasteiger partial charge in [-0.1, -0.05) is 0 Å². The molecule has 0 spiro atoms. The van der Waals surface area contributed by atoms with Crippen LogP contribution in [0.4, 0.5) is 0 Å². The average molecular weight is 297 g/mol. The van der Waals surface area contributed by atoms with Gasteiger partial charge in [-0.05, 0) is 42.9 Å². The highest BCUT2D eigenvalue weighted by Gasteiger charge is 2.42. The van der Waals surface area contributed by atoms with E-state index >= 15 is 0 Å². The maximum absolute atomic E-state index is 12.7. The molecule has 1 saturated heterocycles. The van der Waals surface area contributed by atoms with E-state index < -0.39 is 0 Å². The number of likely N-dealkylation sites (tertiary alicyclic amines) is 1. The fraction of sp³-hybridized carbons (Fsp3) is 0.438. The van der Waals surface area contributed by atoms with Gasteiger partial charge in [0.1, 0.15) is 5.69 Å². The lowest BCUT2D eigenvalue weighted by Gasteiger charge is -2.18. The standard InChI is InChI=1S/C16H19N5O/c17-14-3-2-11-9-20(10-13(11)14)16(22)15-8-12(4-6-18-15)21-7-1-5-19-21/h1,4-8,11,13-14H,2-3,9-10,17H2. The second kappa shape index (κ2) is 5.21. The summed E-state index contributed by atoms with van der Waals surface area (Å²) in [6.07, 6.45) is 7.45. The lowest BCUT2D eigenvalue weighted by molar-refractivity contribution is 0.0773. The minimum Gasteiger partial charge on any atom is -0.337 e. The van der Waals surface area contributed by atoms with Crippen LogP contribution in [-0.2, 0) is 0 Å². The smallest absolute Gasteiger partial charge is 0.272 e. The number of nitrogens with zero attached hydrogens (tertiary/aromatic N) is 4. The molecule has 1 saturated carbocycles. The molecule has 22 heavy (non-hydrogen) atoms. The van der Waals surface area contributed by atoms with Crippen LogP contribution in [-0.4, -0.2) is 44.7 Å². The number of fused-ring (bicyclic) bond motifs is 1. The third-order valence-corrected chi connectivity index (χ3v) is 4.93. The number of carbonyl (C=O) groups excluding carboxylic acids is 1. The number of pyridine rings is 1. The van der Waals surface area contributed by atoms with Crippen molar-refractivity contribution in [2.24, 2.45) is 17.6 Å². The number of nitrogens with two attached hydrogens (primary N) is 1. The first-order valence-electron chi connectivity index (χ1n) is 7.73. The van der Waals surface area contributed by atoms with E-state index in [4.69, 9.17) is 5.73 Å². The van der Waals surface area contributed by atoms with Crippen molar-refractivity contribution < 1.29 is 4.79 Å². The van der Waals surface area contributed by atoms with Gasteiger partial charge in [0.25, 0.3) is 5.91 Å². The summed E-state index contributed by atoms with van der Waals surface area (Å²) in [5.74, 6) is 1.02. The first-order chi connectivity index (χ1) is 10.7. The van der Waals surface area contributed by atoms with Crippen LogP contribution < -0.4 is 5.73 Å². The van der Waals surface area contributed by atoms with Gasteiger partial charge in [0, 0.05) is 37.7 Å². The predicted octanol–water partition coefficient (Wildman–Crippen LogP) is 1.08. The SMILES string of the molecule is NC1CCC2CN(C(=O)c3cc(-n4cccn4)ccn3)CC12. The van der Waals surface area contributed by atoms with Crippen molar-refractivity contribution in [3.63, 3.8) is 0 Å². The molecule has 2 aromatic rings. The summed E-state index contributed by atoms with van der Waals surface area (Å²) < 4.78 is 1.73. The van der Waals surface area contributed by atoms with Crippen molar-refractivity contribution in [1.29, 1.82) is 0 Å². The molecule has 0 radical (unpaired) electrons. The summed E-state index contributed by atoms with van der Waals surface area (Å²) in [7, 11) is 0. The molecule has 0 aromatic carbocycles.